The van der Waals surface area contributed by atoms with Crippen LogP contribution in [0.4, 0.5) is 0 Å². The molecule has 4 nitrogen and oxygen atoms in total. The minimum absolute atomic E-state index is 0.156. The summed E-state index contributed by atoms with van der Waals surface area (Å²) in [5.41, 5.74) is 5.92. The van der Waals surface area contributed by atoms with E-state index >= 15 is 0 Å². The normalized spacial score (nSPS) is 24.7. The lowest BCUT2D eigenvalue weighted by atomic mass is 9.87. The number of hydrogen-bond donors (Lipinski definition) is 2. The number of nitrogens with one attached hydrogen (secondary N) is 1. The molecule has 3 N–H and O–H groups in total. The Morgan fingerprint density at radius 2 is 2.05 bits per heavy atom. The molecule has 2 atom stereocenters. The van der Waals surface area contributed by atoms with Crippen LogP contribution in [0.1, 0.15) is 52.9 Å². The number of rotatable bonds is 7. The smallest absolute Gasteiger partial charge is 0.234 e. The van der Waals surface area contributed by atoms with Gasteiger partial charge in [-0.25, -0.2) is 0 Å². The number of carbonyl (C=O) groups excluding carboxylic acids is 1. The van der Waals surface area contributed by atoms with Crippen molar-refractivity contribution in [2.24, 2.45) is 11.7 Å². The van der Waals surface area contributed by atoms with Crippen molar-refractivity contribution in [3.8, 4) is 0 Å². The molecule has 0 aromatic carbocycles. The highest BCUT2D eigenvalue weighted by molar-refractivity contribution is 5.78. The molecule has 0 aromatic heterocycles. The van der Waals surface area contributed by atoms with E-state index in [0.29, 0.717) is 31.1 Å². The predicted molar refractivity (Wildman–Crippen MR) is 79.9 cm³/mol. The first kappa shape index (κ1) is 16.4. The summed E-state index contributed by atoms with van der Waals surface area (Å²) in [6.45, 7) is 8.64. The second-order valence-corrected chi connectivity index (χ2v) is 5.67. The molecule has 0 radical (unpaired) electrons. The standard InChI is InChI=1S/C15H31N3O/c1-4-12-8-7-9-18(14(12)10-16)11-15(19)17-13(5-2)6-3/h12-14H,4-11,16H2,1-3H3,(H,17,19). The maximum atomic E-state index is 12.1. The lowest BCUT2D eigenvalue weighted by Crippen LogP contribution is -2.53. The van der Waals surface area contributed by atoms with E-state index in [1.807, 2.05) is 0 Å². The second-order valence-electron chi connectivity index (χ2n) is 5.67. The van der Waals surface area contributed by atoms with Crippen LogP contribution in [0.2, 0.25) is 0 Å². The van der Waals surface area contributed by atoms with E-state index in [-0.39, 0.29) is 5.91 Å². The van der Waals surface area contributed by atoms with Gasteiger partial charge >= 0.3 is 0 Å². The minimum Gasteiger partial charge on any atom is -0.352 e. The summed E-state index contributed by atoms with van der Waals surface area (Å²) in [7, 11) is 0. The van der Waals surface area contributed by atoms with E-state index in [0.717, 1.165) is 25.8 Å². The van der Waals surface area contributed by atoms with Crippen LogP contribution in [0.3, 0.4) is 0 Å². The number of amides is 1. The first-order valence-electron chi connectivity index (χ1n) is 7.89. The van der Waals surface area contributed by atoms with Crippen molar-refractivity contribution in [1.29, 1.82) is 0 Å². The Labute approximate surface area is 118 Å². The van der Waals surface area contributed by atoms with Gasteiger partial charge in [-0.2, -0.15) is 0 Å². The van der Waals surface area contributed by atoms with Gasteiger partial charge in [0.05, 0.1) is 6.54 Å². The highest BCUT2D eigenvalue weighted by Gasteiger charge is 2.30. The summed E-state index contributed by atoms with van der Waals surface area (Å²) in [6.07, 6.45) is 5.60. The highest BCUT2D eigenvalue weighted by Crippen LogP contribution is 2.25. The molecule has 19 heavy (non-hydrogen) atoms. The van der Waals surface area contributed by atoms with Crippen LogP contribution in [-0.2, 0) is 4.79 Å². The van der Waals surface area contributed by atoms with Crippen LogP contribution in [0.5, 0.6) is 0 Å². The second kappa shape index (κ2) is 8.54. The van der Waals surface area contributed by atoms with Gasteiger partial charge in [-0.3, -0.25) is 9.69 Å². The lowest BCUT2D eigenvalue weighted by molar-refractivity contribution is -0.124. The van der Waals surface area contributed by atoms with Crippen LogP contribution in [0, 0.1) is 5.92 Å². The molecule has 1 heterocycles. The van der Waals surface area contributed by atoms with E-state index in [1.54, 1.807) is 0 Å². The maximum Gasteiger partial charge on any atom is 0.234 e. The molecule has 4 heteroatoms. The molecular weight excluding hydrogens is 238 g/mol. The Hall–Kier alpha value is -0.610. The molecule has 0 aliphatic carbocycles. The molecule has 1 saturated heterocycles. The molecule has 1 rings (SSSR count). The van der Waals surface area contributed by atoms with Crippen LogP contribution in [-0.4, -0.2) is 42.5 Å². The average molecular weight is 269 g/mol. The fourth-order valence-corrected chi connectivity index (χ4v) is 3.18. The van der Waals surface area contributed by atoms with E-state index in [1.165, 1.54) is 12.8 Å². The predicted octanol–water partition coefficient (Wildman–Crippen LogP) is 1.74. The van der Waals surface area contributed by atoms with Gasteiger partial charge in [0.2, 0.25) is 5.91 Å². The number of likely N-dealkylation sites (tertiary alicyclic amines) is 1. The minimum atomic E-state index is 0.156. The molecule has 0 spiro atoms. The number of nitrogens with two attached hydrogens (primary N) is 1. The quantitative estimate of drug-likeness (QED) is 0.740. The van der Waals surface area contributed by atoms with E-state index < -0.39 is 0 Å². The van der Waals surface area contributed by atoms with E-state index in [4.69, 9.17) is 5.73 Å². The Morgan fingerprint density at radius 1 is 1.37 bits per heavy atom. The first-order valence-corrected chi connectivity index (χ1v) is 7.89. The molecular formula is C15H31N3O. The Bertz CT molecular complexity index is 266. The number of piperidine rings is 1. The monoisotopic (exact) mass is 269 g/mol. The molecule has 1 aliphatic rings. The number of hydrogen-bond acceptors (Lipinski definition) is 3. The Morgan fingerprint density at radius 3 is 2.58 bits per heavy atom. The van der Waals surface area contributed by atoms with Gasteiger partial charge in [-0.1, -0.05) is 27.2 Å². The zero-order valence-electron chi connectivity index (χ0n) is 12.8. The van der Waals surface area contributed by atoms with Crippen molar-refractivity contribution >= 4 is 5.91 Å². The number of carbonyl (C=O) groups is 1. The molecule has 0 saturated carbocycles. The summed E-state index contributed by atoms with van der Waals surface area (Å²) in [5.74, 6) is 0.809. The summed E-state index contributed by atoms with van der Waals surface area (Å²) >= 11 is 0. The third-order valence-electron chi connectivity index (χ3n) is 4.50. The SMILES string of the molecule is CCC(CC)NC(=O)CN1CCCC(CC)C1CN. The van der Waals surface area contributed by atoms with Crippen molar-refractivity contribution in [3.63, 3.8) is 0 Å². The molecule has 1 aliphatic heterocycles. The van der Waals surface area contributed by atoms with Crippen LogP contribution in [0.25, 0.3) is 0 Å². The van der Waals surface area contributed by atoms with Gasteiger partial charge in [0.25, 0.3) is 0 Å². The molecule has 1 fully saturated rings. The highest BCUT2D eigenvalue weighted by atomic mass is 16.2. The third-order valence-corrected chi connectivity index (χ3v) is 4.50. The largest absolute Gasteiger partial charge is 0.352 e. The van der Waals surface area contributed by atoms with Gasteiger partial charge in [0.15, 0.2) is 0 Å². The summed E-state index contributed by atoms with van der Waals surface area (Å²) < 4.78 is 0. The summed E-state index contributed by atoms with van der Waals surface area (Å²) in [6, 6.07) is 0.696. The maximum absolute atomic E-state index is 12.1. The summed E-state index contributed by atoms with van der Waals surface area (Å²) in [4.78, 5) is 14.4. The van der Waals surface area contributed by atoms with Crippen molar-refractivity contribution in [2.75, 3.05) is 19.6 Å². The first-order chi connectivity index (χ1) is 9.15. The van der Waals surface area contributed by atoms with Gasteiger partial charge in [0.1, 0.15) is 0 Å². The zero-order valence-corrected chi connectivity index (χ0v) is 12.8. The van der Waals surface area contributed by atoms with E-state index in [2.05, 4.69) is 31.0 Å². The van der Waals surface area contributed by atoms with Gasteiger partial charge in [-0.15, -0.1) is 0 Å². The fraction of sp³-hybridized carbons (Fsp3) is 0.933. The van der Waals surface area contributed by atoms with Gasteiger partial charge in [-0.05, 0) is 38.1 Å². The van der Waals surface area contributed by atoms with Crippen LogP contribution >= 0.6 is 0 Å². The van der Waals surface area contributed by atoms with Crippen LogP contribution < -0.4 is 11.1 Å². The summed E-state index contributed by atoms with van der Waals surface area (Å²) in [5, 5.41) is 3.12. The van der Waals surface area contributed by atoms with Crippen molar-refractivity contribution in [2.45, 2.75) is 65.0 Å². The fourth-order valence-electron chi connectivity index (χ4n) is 3.18. The molecule has 2 unspecified atom stereocenters. The Kier molecular flexibility index (Phi) is 7.39. The molecule has 112 valence electrons. The Balaban J connectivity index is 2.51. The molecule has 0 bridgehead atoms. The third kappa shape index (κ3) is 4.77. The number of nitrogens with zero attached hydrogens (tertiary/aromatic N) is 1. The van der Waals surface area contributed by atoms with Crippen molar-refractivity contribution < 1.29 is 4.79 Å². The van der Waals surface area contributed by atoms with Gasteiger partial charge < -0.3 is 11.1 Å². The van der Waals surface area contributed by atoms with E-state index in [9.17, 15) is 4.79 Å². The van der Waals surface area contributed by atoms with Crippen molar-refractivity contribution in [1.82, 2.24) is 10.2 Å². The molecule has 0 aromatic rings. The zero-order chi connectivity index (χ0) is 14.3. The van der Waals surface area contributed by atoms with Gasteiger partial charge in [0, 0.05) is 18.6 Å². The van der Waals surface area contributed by atoms with Crippen molar-refractivity contribution in [3.05, 3.63) is 0 Å². The lowest BCUT2D eigenvalue weighted by Gasteiger charge is -2.40. The topological polar surface area (TPSA) is 58.4 Å². The average Bonchev–Trinajstić information content (AvgIpc) is 2.44. The van der Waals surface area contributed by atoms with Crippen LogP contribution in [0.15, 0.2) is 0 Å². The molecule has 1 amide bonds.